The van der Waals surface area contributed by atoms with E-state index in [4.69, 9.17) is 4.74 Å². The van der Waals surface area contributed by atoms with Gasteiger partial charge in [0.2, 0.25) is 0 Å². The van der Waals surface area contributed by atoms with Crippen LogP contribution in [0.5, 0.6) is 0 Å². The predicted octanol–water partition coefficient (Wildman–Crippen LogP) is 2.02. The number of hydrogen-bond acceptors (Lipinski definition) is 3. The Morgan fingerprint density at radius 2 is 2.08 bits per heavy atom. The van der Waals surface area contributed by atoms with Crippen molar-refractivity contribution in [1.29, 1.82) is 0 Å². The highest BCUT2D eigenvalue weighted by Crippen LogP contribution is 2.47. The summed E-state index contributed by atoms with van der Waals surface area (Å²) in [5, 5.41) is 5.90. The molecule has 0 aromatic heterocycles. The summed E-state index contributed by atoms with van der Waals surface area (Å²) in [5.41, 5.74) is 1.08. The summed E-state index contributed by atoms with van der Waals surface area (Å²) in [7, 11) is 0. The molecule has 0 spiro atoms. The summed E-state index contributed by atoms with van der Waals surface area (Å²) < 4.78 is 18.9. The normalized spacial score (nSPS) is 27.6. The number of ether oxygens (including phenoxy) is 1. The van der Waals surface area contributed by atoms with Crippen LogP contribution in [0.2, 0.25) is 0 Å². The molecule has 3 fully saturated rings. The number of benzene rings is 1. The first-order valence-corrected chi connectivity index (χ1v) is 9.28. The second kappa shape index (κ2) is 6.92. The van der Waals surface area contributed by atoms with E-state index in [9.17, 15) is 9.18 Å². The summed E-state index contributed by atoms with van der Waals surface area (Å²) in [6, 6.07) is 7.05. The van der Waals surface area contributed by atoms with Crippen LogP contribution in [0.4, 0.5) is 9.18 Å². The molecule has 1 aliphatic carbocycles. The van der Waals surface area contributed by atoms with Crippen LogP contribution in [-0.2, 0) is 10.2 Å². The SMILES string of the molecule is O=C(NC[C@@H]1CN2CCC[C@@H]2CO1)NCC1(c2ccc(F)cc2)CC1. The molecule has 1 aromatic carbocycles. The van der Waals surface area contributed by atoms with Gasteiger partial charge in [0.1, 0.15) is 5.82 Å². The second-order valence-electron chi connectivity index (χ2n) is 7.60. The van der Waals surface area contributed by atoms with E-state index in [-0.39, 0.29) is 23.4 Å². The number of halogens is 1. The molecule has 2 atom stereocenters. The maximum Gasteiger partial charge on any atom is 0.314 e. The number of hydrogen-bond donors (Lipinski definition) is 2. The minimum absolute atomic E-state index is 0.0187. The third-order valence-corrected chi connectivity index (χ3v) is 5.85. The van der Waals surface area contributed by atoms with Crippen LogP contribution in [-0.4, -0.2) is 55.9 Å². The molecule has 2 amide bonds. The molecule has 5 nitrogen and oxygen atoms in total. The molecule has 136 valence electrons. The number of urea groups is 1. The third kappa shape index (κ3) is 3.80. The van der Waals surface area contributed by atoms with Crippen molar-refractivity contribution in [3.05, 3.63) is 35.6 Å². The molecule has 0 radical (unpaired) electrons. The number of fused-ring (bicyclic) bond motifs is 1. The van der Waals surface area contributed by atoms with Crippen molar-refractivity contribution in [1.82, 2.24) is 15.5 Å². The molecule has 3 aliphatic rings. The van der Waals surface area contributed by atoms with Crippen LogP contribution in [0.15, 0.2) is 24.3 Å². The van der Waals surface area contributed by atoms with Crippen LogP contribution in [0.3, 0.4) is 0 Å². The number of rotatable bonds is 5. The lowest BCUT2D eigenvalue weighted by Gasteiger charge is -2.35. The average molecular weight is 347 g/mol. The minimum atomic E-state index is -0.224. The molecule has 1 aromatic rings. The van der Waals surface area contributed by atoms with E-state index in [2.05, 4.69) is 15.5 Å². The summed E-state index contributed by atoms with van der Waals surface area (Å²) >= 11 is 0. The summed E-state index contributed by atoms with van der Waals surface area (Å²) in [5.74, 6) is -0.224. The Labute approximate surface area is 147 Å². The van der Waals surface area contributed by atoms with Gasteiger partial charge in [0, 0.05) is 31.1 Å². The first kappa shape index (κ1) is 16.8. The molecular weight excluding hydrogens is 321 g/mol. The maximum atomic E-state index is 13.1. The molecular formula is C19H26FN3O2. The zero-order chi connectivity index (χ0) is 17.3. The smallest absolute Gasteiger partial charge is 0.314 e. The van der Waals surface area contributed by atoms with E-state index >= 15 is 0 Å². The lowest BCUT2D eigenvalue weighted by molar-refractivity contribution is -0.0457. The highest BCUT2D eigenvalue weighted by Gasteiger charge is 2.44. The molecule has 4 rings (SSSR count). The molecule has 1 saturated carbocycles. The summed E-state index contributed by atoms with van der Waals surface area (Å²) in [6.07, 6.45) is 4.61. The second-order valence-corrected chi connectivity index (χ2v) is 7.60. The van der Waals surface area contributed by atoms with Gasteiger partial charge in [-0.1, -0.05) is 12.1 Å². The molecule has 2 saturated heterocycles. The Bertz CT molecular complexity index is 618. The fraction of sp³-hybridized carbons (Fsp3) is 0.632. The van der Waals surface area contributed by atoms with Gasteiger partial charge in [0.05, 0.1) is 12.7 Å². The monoisotopic (exact) mass is 347 g/mol. The Kier molecular flexibility index (Phi) is 4.65. The zero-order valence-corrected chi connectivity index (χ0v) is 14.5. The van der Waals surface area contributed by atoms with Crippen molar-refractivity contribution >= 4 is 6.03 Å². The Balaban J connectivity index is 1.21. The zero-order valence-electron chi connectivity index (χ0n) is 14.5. The fourth-order valence-corrected chi connectivity index (χ4v) is 4.05. The van der Waals surface area contributed by atoms with Gasteiger partial charge in [0.25, 0.3) is 0 Å². The van der Waals surface area contributed by atoms with Crippen LogP contribution in [0.25, 0.3) is 0 Å². The Hall–Kier alpha value is -1.66. The van der Waals surface area contributed by atoms with Gasteiger partial charge in [-0.15, -0.1) is 0 Å². The number of amides is 2. The minimum Gasteiger partial charge on any atom is -0.373 e. The Morgan fingerprint density at radius 3 is 2.84 bits per heavy atom. The van der Waals surface area contributed by atoms with E-state index in [1.165, 1.54) is 25.0 Å². The number of carbonyl (C=O) groups excluding carboxylic acids is 1. The molecule has 2 heterocycles. The highest BCUT2D eigenvalue weighted by atomic mass is 19.1. The van der Waals surface area contributed by atoms with Gasteiger partial charge >= 0.3 is 6.03 Å². The molecule has 25 heavy (non-hydrogen) atoms. The van der Waals surface area contributed by atoms with Gasteiger partial charge in [-0.3, -0.25) is 4.90 Å². The maximum absolute atomic E-state index is 13.1. The summed E-state index contributed by atoms with van der Waals surface area (Å²) in [6.45, 7) is 3.96. The van der Waals surface area contributed by atoms with E-state index < -0.39 is 0 Å². The quantitative estimate of drug-likeness (QED) is 0.857. The summed E-state index contributed by atoms with van der Waals surface area (Å²) in [4.78, 5) is 14.6. The fourth-order valence-electron chi connectivity index (χ4n) is 4.05. The van der Waals surface area contributed by atoms with Gasteiger partial charge < -0.3 is 15.4 Å². The van der Waals surface area contributed by atoms with Crippen molar-refractivity contribution in [2.75, 3.05) is 32.8 Å². The molecule has 6 heteroatoms. The predicted molar refractivity (Wildman–Crippen MR) is 93.0 cm³/mol. The van der Waals surface area contributed by atoms with Gasteiger partial charge in [-0.05, 0) is 49.9 Å². The van der Waals surface area contributed by atoms with Crippen molar-refractivity contribution in [2.24, 2.45) is 0 Å². The number of morpholine rings is 1. The topological polar surface area (TPSA) is 53.6 Å². The van der Waals surface area contributed by atoms with Crippen molar-refractivity contribution in [3.63, 3.8) is 0 Å². The molecule has 2 N–H and O–H groups in total. The van der Waals surface area contributed by atoms with Crippen LogP contribution >= 0.6 is 0 Å². The van der Waals surface area contributed by atoms with E-state index in [1.807, 2.05) is 12.1 Å². The van der Waals surface area contributed by atoms with Gasteiger partial charge in [0.15, 0.2) is 0 Å². The number of nitrogens with zero attached hydrogens (tertiary/aromatic N) is 1. The van der Waals surface area contributed by atoms with E-state index in [0.717, 1.165) is 38.1 Å². The molecule has 0 unspecified atom stereocenters. The lowest BCUT2D eigenvalue weighted by Crippen LogP contribution is -2.51. The largest absolute Gasteiger partial charge is 0.373 e. The highest BCUT2D eigenvalue weighted by molar-refractivity contribution is 5.74. The van der Waals surface area contributed by atoms with Gasteiger partial charge in [-0.25, -0.2) is 9.18 Å². The van der Waals surface area contributed by atoms with E-state index in [0.29, 0.717) is 19.1 Å². The van der Waals surface area contributed by atoms with Crippen LogP contribution in [0.1, 0.15) is 31.2 Å². The van der Waals surface area contributed by atoms with Crippen molar-refractivity contribution in [3.8, 4) is 0 Å². The number of carbonyl (C=O) groups is 1. The first-order chi connectivity index (χ1) is 12.1. The Morgan fingerprint density at radius 1 is 1.28 bits per heavy atom. The van der Waals surface area contributed by atoms with Crippen molar-refractivity contribution in [2.45, 2.75) is 43.2 Å². The van der Waals surface area contributed by atoms with Crippen molar-refractivity contribution < 1.29 is 13.9 Å². The average Bonchev–Trinajstić information content (AvgIpc) is 3.27. The van der Waals surface area contributed by atoms with E-state index in [1.54, 1.807) is 0 Å². The number of nitrogens with one attached hydrogen (secondary N) is 2. The third-order valence-electron chi connectivity index (χ3n) is 5.85. The lowest BCUT2D eigenvalue weighted by atomic mass is 9.96. The first-order valence-electron chi connectivity index (χ1n) is 9.28. The van der Waals surface area contributed by atoms with Crippen LogP contribution in [0, 0.1) is 5.82 Å². The molecule has 0 bridgehead atoms. The van der Waals surface area contributed by atoms with Gasteiger partial charge in [-0.2, -0.15) is 0 Å². The van der Waals surface area contributed by atoms with Crippen LogP contribution < -0.4 is 10.6 Å². The standard InChI is InChI=1S/C19H26FN3O2/c20-15-5-3-14(4-6-15)19(7-8-19)13-22-18(24)21-10-17-11-23-9-1-2-16(23)12-25-17/h3-6,16-17H,1-2,7-13H2,(H2,21,22,24)/t16-,17-/m1/s1. The molecule has 2 aliphatic heterocycles.